The predicted molar refractivity (Wildman–Crippen MR) is 55.7 cm³/mol. The number of aliphatic carboxylic acids is 1. The fourth-order valence-electron chi connectivity index (χ4n) is 1.27. The quantitative estimate of drug-likeness (QED) is 0.854. The van der Waals surface area contributed by atoms with Crippen LogP contribution in [0.5, 0.6) is 0 Å². The van der Waals surface area contributed by atoms with Crippen LogP contribution in [0.2, 0.25) is 0 Å². The average Bonchev–Trinajstić information content (AvgIpc) is 2.59. The lowest BCUT2D eigenvalue weighted by atomic mass is 10.4. The van der Waals surface area contributed by atoms with Crippen LogP contribution >= 0.6 is 0 Å². The summed E-state index contributed by atoms with van der Waals surface area (Å²) in [7, 11) is -2.38. The molecule has 0 saturated heterocycles. The molecule has 7 nitrogen and oxygen atoms in total. The number of carboxylic acids is 1. The zero-order valence-corrected chi connectivity index (χ0v) is 10.7. The number of likely N-dealkylation sites (N-methyl/N-ethyl adjacent to an activating group) is 1. The molecule has 0 unspecified atom stereocenters. The van der Waals surface area contributed by atoms with Crippen LogP contribution in [0, 0.1) is 0 Å². The van der Waals surface area contributed by atoms with Gasteiger partial charge in [-0.05, 0) is 0 Å². The first-order chi connectivity index (χ1) is 8.46. The Morgan fingerprint density at radius 3 is 2.42 bits per heavy atom. The first kappa shape index (κ1) is 15.4. The summed E-state index contributed by atoms with van der Waals surface area (Å²) in [5.74, 6) is -1.43. The van der Waals surface area contributed by atoms with E-state index in [1.54, 1.807) is 0 Å². The van der Waals surface area contributed by atoms with Crippen molar-refractivity contribution in [2.45, 2.75) is 11.2 Å². The topological polar surface area (TPSA) is 92.5 Å². The van der Waals surface area contributed by atoms with Gasteiger partial charge in [0.2, 0.25) is 0 Å². The molecular formula is C8H10F3N3O4S. The van der Waals surface area contributed by atoms with Crippen LogP contribution in [0.25, 0.3) is 0 Å². The Hall–Kier alpha value is -1.62. The van der Waals surface area contributed by atoms with Gasteiger partial charge in [0.1, 0.15) is 6.54 Å². The molecule has 0 aliphatic rings. The SMILES string of the molecule is CN(CC(=O)O)S(=O)(=O)c1cc(C(F)(F)F)nn1C. The van der Waals surface area contributed by atoms with Crippen molar-refractivity contribution in [2.24, 2.45) is 7.05 Å². The number of rotatable bonds is 4. The number of hydrogen-bond donors (Lipinski definition) is 1. The number of alkyl halides is 3. The summed E-state index contributed by atoms with van der Waals surface area (Å²) >= 11 is 0. The monoisotopic (exact) mass is 301 g/mol. The van der Waals surface area contributed by atoms with Gasteiger partial charge in [-0.2, -0.15) is 22.6 Å². The summed E-state index contributed by atoms with van der Waals surface area (Å²) in [5.41, 5.74) is -1.36. The van der Waals surface area contributed by atoms with Crippen molar-refractivity contribution in [1.82, 2.24) is 14.1 Å². The van der Waals surface area contributed by atoms with E-state index in [0.717, 1.165) is 14.1 Å². The summed E-state index contributed by atoms with van der Waals surface area (Å²) in [5, 5.41) is 10.8. The largest absolute Gasteiger partial charge is 0.480 e. The van der Waals surface area contributed by atoms with E-state index >= 15 is 0 Å². The van der Waals surface area contributed by atoms with E-state index in [-0.39, 0.29) is 0 Å². The molecule has 108 valence electrons. The molecule has 0 aromatic carbocycles. The van der Waals surface area contributed by atoms with Crippen LogP contribution in [-0.4, -0.2) is 47.2 Å². The van der Waals surface area contributed by atoms with Crippen LogP contribution < -0.4 is 0 Å². The molecule has 19 heavy (non-hydrogen) atoms. The molecule has 0 saturated carbocycles. The van der Waals surface area contributed by atoms with Gasteiger partial charge in [0.05, 0.1) is 0 Å². The van der Waals surface area contributed by atoms with E-state index < -0.39 is 39.4 Å². The third-order valence-corrected chi connectivity index (χ3v) is 4.02. The van der Waals surface area contributed by atoms with Crippen LogP contribution in [0.15, 0.2) is 11.1 Å². The van der Waals surface area contributed by atoms with Gasteiger partial charge in [0.25, 0.3) is 10.0 Å². The zero-order valence-electron chi connectivity index (χ0n) is 9.84. The van der Waals surface area contributed by atoms with Crippen LogP contribution in [0.4, 0.5) is 13.2 Å². The van der Waals surface area contributed by atoms with Gasteiger partial charge >= 0.3 is 12.1 Å². The van der Waals surface area contributed by atoms with Gasteiger partial charge in [-0.15, -0.1) is 0 Å². The van der Waals surface area contributed by atoms with E-state index in [0.29, 0.717) is 15.1 Å². The maximum absolute atomic E-state index is 12.4. The highest BCUT2D eigenvalue weighted by Crippen LogP contribution is 2.29. The van der Waals surface area contributed by atoms with Crippen LogP contribution in [-0.2, 0) is 28.0 Å². The smallest absolute Gasteiger partial charge is 0.435 e. The lowest BCUT2D eigenvalue weighted by Gasteiger charge is -2.14. The zero-order chi connectivity index (χ0) is 15.0. The van der Waals surface area contributed by atoms with Gasteiger partial charge in [0, 0.05) is 20.2 Å². The Labute approximate surface area is 106 Å². The number of aromatic nitrogens is 2. The molecule has 0 spiro atoms. The van der Waals surface area contributed by atoms with E-state index in [2.05, 4.69) is 5.10 Å². The van der Waals surface area contributed by atoms with Gasteiger partial charge in [0.15, 0.2) is 10.7 Å². The predicted octanol–water partition coefficient (Wildman–Crippen LogP) is 0.144. The van der Waals surface area contributed by atoms with Gasteiger partial charge in [-0.1, -0.05) is 0 Å². The highest BCUT2D eigenvalue weighted by atomic mass is 32.2. The molecule has 0 radical (unpaired) electrons. The number of carbonyl (C=O) groups is 1. The van der Waals surface area contributed by atoms with E-state index in [1.807, 2.05) is 0 Å². The van der Waals surface area contributed by atoms with Crippen molar-refractivity contribution in [3.63, 3.8) is 0 Å². The van der Waals surface area contributed by atoms with Crippen molar-refractivity contribution in [1.29, 1.82) is 0 Å². The fourth-order valence-corrected chi connectivity index (χ4v) is 2.50. The van der Waals surface area contributed by atoms with Crippen molar-refractivity contribution in [3.05, 3.63) is 11.8 Å². The van der Waals surface area contributed by atoms with Crippen molar-refractivity contribution in [3.8, 4) is 0 Å². The molecule has 1 N–H and O–H groups in total. The molecule has 0 atom stereocenters. The maximum Gasteiger partial charge on any atom is 0.435 e. The summed E-state index contributed by atoms with van der Waals surface area (Å²) in [6.45, 7) is -0.866. The minimum atomic E-state index is -4.78. The van der Waals surface area contributed by atoms with E-state index in [9.17, 15) is 26.4 Å². The number of nitrogens with zero attached hydrogens (tertiary/aromatic N) is 3. The number of sulfonamides is 1. The molecule has 0 aliphatic heterocycles. The van der Waals surface area contributed by atoms with Crippen LogP contribution in [0.3, 0.4) is 0 Å². The summed E-state index contributed by atoms with van der Waals surface area (Å²) < 4.78 is 61.9. The lowest BCUT2D eigenvalue weighted by Crippen LogP contribution is -2.33. The number of halogens is 3. The van der Waals surface area contributed by atoms with Crippen LogP contribution in [0.1, 0.15) is 5.69 Å². The molecule has 1 aromatic heterocycles. The standard InChI is InChI=1S/C8H10F3N3O4S/c1-13(4-7(15)16)19(17,18)6-3-5(8(9,10)11)12-14(6)2/h3H,4H2,1-2H3,(H,15,16). The first-order valence-corrected chi connectivity index (χ1v) is 6.19. The minimum Gasteiger partial charge on any atom is -0.480 e. The number of hydrogen-bond acceptors (Lipinski definition) is 4. The Bertz CT molecular complexity index is 593. The summed E-state index contributed by atoms with van der Waals surface area (Å²) in [4.78, 5) is 10.4. The van der Waals surface area contributed by atoms with Crippen molar-refractivity contribution in [2.75, 3.05) is 13.6 Å². The molecule has 0 amide bonds. The lowest BCUT2D eigenvalue weighted by molar-refractivity contribution is -0.141. The van der Waals surface area contributed by atoms with Gasteiger partial charge < -0.3 is 5.11 Å². The van der Waals surface area contributed by atoms with E-state index in [4.69, 9.17) is 5.11 Å². The summed E-state index contributed by atoms with van der Waals surface area (Å²) in [6, 6.07) is 0.355. The van der Waals surface area contributed by atoms with Crippen molar-refractivity contribution < 1.29 is 31.5 Å². The molecule has 1 heterocycles. The molecule has 1 aromatic rings. The second-order valence-electron chi connectivity index (χ2n) is 3.64. The third kappa shape index (κ3) is 3.23. The maximum atomic E-state index is 12.4. The van der Waals surface area contributed by atoms with E-state index in [1.165, 1.54) is 0 Å². The second-order valence-corrected chi connectivity index (χ2v) is 5.64. The third-order valence-electron chi connectivity index (χ3n) is 2.16. The Balaban J connectivity index is 3.23. The Kier molecular flexibility index (Phi) is 3.91. The molecule has 0 fully saturated rings. The number of aryl methyl sites for hydroxylation is 1. The number of carboxylic acid groups (broad SMARTS) is 1. The molecular weight excluding hydrogens is 291 g/mol. The summed E-state index contributed by atoms with van der Waals surface area (Å²) in [6.07, 6.45) is -4.78. The average molecular weight is 301 g/mol. The Morgan fingerprint density at radius 2 is 2.05 bits per heavy atom. The molecule has 0 bridgehead atoms. The minimum absolute atomic E-state index is 0.355. The second kappa shape index (κ2) is 4.81. The van der Waals surface area contributed by atoms with Gasteiger partial charge in [-0.3, -0.25) is 9.48 Å². The molecule has 0 aliphatic carbocycles. The molecule has 1 rings (SSSR count). The molecule has 11 heteroatoms. The highest BCUT2D eigenvalue weighted by Gasteiger charge is 2.37. The Morgan fingerprint density at radius 1 is 1.53 bits per heavy atom. The van der Waals surface area contributed by atoms with Crippen molar-refractivity contribution >= 4 is 16.0 Å². The fraction of sp³-hybridized carbons (Fsp3) is 0.500. The highest BCUT2D eigenvalue weighted by molar-refractivity contribution is 7.89. The normalized spacial score (nSPS) is 12.9. The first-order valence-electron chi connectivity index (χ1n) is 4.75. The van der Waals surface area contributed by atoms with Gasteiger partial charge in [-0.25, -0.2) is 8.42 Å².